The van der Waals surface area contributed by atoms with Gasteiger partial charge in [-0.25, -0.2) is 0 Å². The first-order valence-corrected chi connectivity index (χ1v) is 4.98. The van der Waals surface area contributed by atoms with Crippen molar-refractivity contribution >= 4 is 17.7 Å². The van der Waals surface area contributed by atoms with Gasteiger partial charge in [0.25, 0.3) is 0 Å². The van der Waals surface area contributed by atoms with Crippen LogP contribution in [0, 0.1) is 5.92 Å². The van der Waals surface area contributed by atoms with Crippen molar-refractivity contribution in [1.29, 1.82) is 0 Å². The van der Waals surface area contributed by atoms with Crippen LogP contribution in [-0.2, 0) is 9.53 Å². The van der Waals surface area contributed by atoms with E-state index >= 15 is 0 Å². The summed E-state index contributed by atoms with van der Waals surface area (Å²) in [5.74, 6) is 0.696. The summed E-state index contributed by atoms with van der Waals surface area (Å²) in [4.78, 5) is 11.1. The number of hydrogen-bond acceptors (Lipinski definition) is 3. The van der Waals surface area contributed by atoms with Crippen molar-refractivity contribution in [3.05, 3.63) is 12.7 Å². The third-order valence-electron chi connectivity index (χ3n) is 1.75. The van der Waals surface area contributed by atoms with Crippen molar-refractivity contribution in [3.63, 3.8) is 0 Å². The minimum absolute atomic E-state index is 0.0417. The highest BCUT2D eigenvalue weighted by Gasteiger charge is 2.20. The van der Waals surface area contributed by atoms with E-state index in [1.54, 1.807) is 11.8 Å². The van der Waals surface area contributed by atoms with Gasteiger partial charge in [0.05, 0.1) is 13.0 Å². The maximum atomic E-state index is 11.1. The van der Waals surface area contributed by atoms with Gasteiger partial charge in [-0.05, 0) is 0 Å². The van der Waals surface area contributed by atoms with Crippen LogP contribution in [0.5, 0.6) is 0 Å². The zero-order chi connectivity index (χ0) is 9.56. The van der Waals surface area contributed by atoms with Crippen LogP contribution in [-0.4, -0.2) is 24.1 Å². The molecule has 0 rings (SSSR count). The Bertz CT molecular complexity index is 157. The van der Waals surface area contributed by atoms with E-state index in [-0.39, 0.29) is 17.1 Å². The number of carbonyl (C=O) groups is 1. The second-order valence-electron chi connectivity index (χ2n) is 2.64. The molecule has 0 aliphatic heterocycles. The molecule has 0 heterocycles. The number of carbonyl (C=O) groups excluding carboxylic acids is 1. The summed E-state index contributed by atoms with van der Waals surface area (Å²) >= 11 is 1.71. The lowest BCUT2D eigenvalue weighted by Gasteiger charge is -2.15. The van der Waals surface area contributed by atoms with E-state index in [1.807, 2.05) is 19.9 Å². The van der Waals surface area contributed by atoms with Crippen molar-refractivity contribution in [2.24, 2.45) is 5.92 Å². The predicted octanol–water partition coefficient (Wildman–Crippen LogP) is 2.10. The molecule has 0 aromatic carbocycles. The average molecular weight is 188 g/mol. The topological polar surface area (TPSA) is 26.3 Å². The second kappa shape index (κ2) is 6.12. The van der Waals surface area contributed by atoms with Crippen molar-refractivity contribution in [2.45, 2.75) is 19.1 Å². The van der Waals surface area contributed by atoms with Crippen molar-refractivity contribution in [3.8, 4) is 0 Å². The normalized spacial score (nSPS) is 14.9. The van der Waals surface area contributed by atoms with Gasteiger partial charge in [0.15, 0.2) is 0 Å². The van der Waals surface area contributed by atoms with Gasteiger partial charge in [-0.2, -0.15) is 11.8 Å². The highest BCUT2D eigenvalue weighted by Crippen LogP contribution is 2.19. The number of hydrogen-bond donors (Lipinski definition) is 0. The molecule has 0 aliphatic carbocycles. The SMILES string of the molecule is C=CCS[C@@H](C)[C@H](C)C(=O)OC. The molecule has 3 heteroatoms. The third kappa shape index (κ3) is 3.81. The Morgan fingerprint density at radius 2 is 2.25 bits per heavy atom. The molecule has 0 spiro atoms. The molecular formula is C9H16O2S. The number of thioether (sulfide) groups is 1. The van der Waals surface area contributed by atoms with E-state index in [2.05, 4.69) is 11.3 Å². The maximum absolute atomic E-state index is 11.1. The van der Waals surface area contributed by atoms with E-state index in [4.69, 9.17) is 0 Å². The zero-order valence-corrected chi connectivity index (χ0v) is 8.69. The summed E-state index contributed by atoms with van der Waals surface area (Å²) in [6.07, 6.45) is 1.84. The van der Waals surface area contributed by atoms with E-state index in [0.29, 0.717) is 0 Å². The van der Waals surface area contributed by atoms with E-state index in [9.17, 15) is 4.79 Å². The molecule has 2 nitrogen and oxygen atoms in total. The smallest absolute Gasteiger partial charge is 0.309 e. The van der Waals surface area contributed by atoms with Crippen LogP contribution in [0.3, 0.4) is 0 Å². The summed E-state index contributed by atoms with van der Waals surface area (Å²) in [7, 11) is 1.42. The van der Waals surface area contributed by atoms with Crippen LogP contribution in [0.25, 0.3) is 0 Å². The van der Waals surface area contributed by atoms with Gasteiger partial charge in [0, 0.05) is 11.0 Å². The number of rotatable bonds is 5. The van der Waals surface area contributed by atoms with Crippen LogP contribution < -0.4 is 0 Å². The molecule has 0 N–H and O–H groups in total. The molecule has 0 amide bonds. The monoisotopic (exact) mass is 188 g/mol. The molecule has 2 atom stereocenters. The molecule has 0 radical (unpaired) electrons. The van der Waals surface area contributed by atoms with E-state index in [1.165, 1.54) is 7.11 Å². The fraction of sp³-hybridized carbons (Fsp3) is 0.667. The minimum atomic E-state index is -0.140. The van der Waals surface area contributed by atoms with Crippen LogP contribution >= 0.6 is 11.8 Å². The standard InChI is InChI=1S/C9H16O2S/c1-5-6-12-8(3)7(2)9(10)11-4/h5,7-8H,1,6H2,2-4H3/t7-,8-/m0/s1. The highest BCUT2D eigenvalue weighted by molar-refractivity contribution is 8.00. The second-order valence-corrected chi connectivity index (χ2v) is 4.05. The first kappa shape index (κ1) is 11.6. The molecule has 0 aliphatic rings. The maximum Gasteiger partial charge on any atom is 0.309 e. The van der Waals surface area contributed by atoms with Crippen LogP contribution in [0.2, 0.25) is 0 Å². The quantitative estimate of drug-likeness (QED) is 0.488. The number of esters is 1. The molecule has 0 unspecified atom stereocenters. The Kier molecular flexibility index (Phi) is 5.89. The summed E-state index contributed by atoms with van der Waals surface area (Å²) in [6.45, 7) is 7.53. The van der Waals surface area contributed by atoms with Crippen molar-refractivity contribution in [2.75, 3.05) is 12.9 Å². The van der Waals surface area contributed by atoms with Gasteiger partial charge >= 0.3 is 5.97 Å². The Morgan fingerprint density at radius 3 is 2.67 bits per heavy atom. The Labute approximate surface area is 78.4 Å². The molecule has 0 saturated carbocycles. The first-order chi connectivity index (χ1) is 5.63. The molecule has 12 heavy (non-hydrogen) atoms. The highest BCUT2D eigenvalue weighted by atomic mass is 32.2. The van der Waals surface area contributed by atoms with E-state index in [0.717, 1.165) is 5.75 Å². The van der Waals surface area contributed by atoms with Gasteiger partial charge < -0.3 is 4.74 Å². The largest absolute Gasteiger partial charge is 0.469 e. The summed E-state index contributed by atoms with van der Waals surface area (Å²) in [5, 5.41) is 0.287. The van der Waals surface area contributed by atoms with Crippen LogP contribution in [0.4, 0.5) is 0 Å². The fourth-order valence-corrected chi connectivity index (χ4v) is 1.58. The molecule has 0 aromatic rings. The molecule has 0 fully saturated rings. The van der Waals surface area contributed by atoms with Crippen molar-refractivity contribution in [1.82, 2.24) is 0 Å². The van der Waals surface area contributed by atoms with Gasteiger partial charge in [-0.3, -0.25) is 4.79 Å². The third-order valence-corrected chi connectivity index (χ3v) is 3.12. The number of methoxy groups -OCH3 is 1. The first-order valence-electron chi connectivity index (χ1n) is 3.93. The molecule has 0 bridgehead atoms. The fourth-order valence-electron chi connectivity index (χ4n) is 0.742. The summed E-state index contributed by atoms with van der Waals surface area (Å²) in [6, 6.07) is 0. The summed E-state index contributed by atoms with van der Waals surface area (Å²) in [5.41, 5.74) is 0. The van der Waals surface area contributed by atoms with Crippen LogP contribution in [0.1, 0.15) is 13.8 Å². The average Bonchev–Trinajstić information content (AvgIpc) is 2.11. The summed E-state index contributed by atoms with van der Waals surface area (Å²) < 4.78 is 4.63. The van der Waals surface area contributed by atoms with Gasteiger partial charge in [-0.1, -0.05) is 19.9 Å². The lowest BCUT2D eigenvalue weighted by Crippen LogP contribution is -2.22. The van der Waals surface area contributed by atoms with Crippen LogP contribution in [0.15, 0.2) is 12.7 Å². The lowest BCUT2D eigenvalue weighted by atomic mass is 10.1. The molecule has 70 valence electrons. The van der Waals surface area contributed by atoms with E-state index < -0.39 is 0 Å². The van der Waals surface area contributed by atoms with Gasteiger partial charge in [-0.15, -0.1) is 6.58 Å². The molecular weight excluding hydrogens is 172 g/mol. The van der Waals surface area contributed by atoms with Crippen molar-refractivity contribution < 1.29 is 9.53 Å². The minimum Gasteiger partial charge on any atom is -0.469 e. The Hall–Kier alpha value is -0.440. The zero-order valence-electron chi connectivity index (χ0n) is 7.87. The Balaban J connectivity index is 3.82. The molecule has 0 saturated heterocycles. The number of ether oxygens (including phenoxy) is 1. The van der Waals surface area contributed by atoms with Gasteiger partial charge in [0.2, 0.25) is 0 Å². The van der Waals surface area contributed by atoms with Gasteiger partial charge in [0.1, 0.15) is 0 Å². The lowest BCUT2D eigenvalue weighted by molar-refractivity contribution is -0.144. The Morgan fingerprint density at radius 1 is 1.67 bits per heavy atom. The predicted molar refractivity (Wildman–Crippen MR) is 53.3 cm³/mol. The molecule has 0 aromatic heterocycles.